The number of carbonyl (C=O) groups excluding carboxylic acids is 1. The van der Waals surface area contributed by atoms with E-state index in [1.54, 1.807) is 6.92 Å². The second-order valence-electron chi connectivity index (χ2n) is 2.52. The van der Waals surface area contributed by atoms with Crippen LogP contribution in [0, 0.1) is 5.92 Å². The van der Waals surface area contributed by atoms with Gasteiger partial charge in [-0.15, -0.1) is 0 Å². The van der Waals surface area contributed by atoms with E-state index in [1.165, 1.54) is 0 Å². The van der Waals surface area contributed by atoms with Crippen molar-refractivity contribution in [3.63, 3.8) is 0 Å². The fourth-order valence-corrected chi connectivity index (χ4v) is 0.511. The van der Waals surface area contributed by atoms with Gasteiger partial charge in [-0.25, -0.2) is 0 Å². The summed E-state index contributed by atoms with van der Waals surface area (Å²) in [7, 11) is 0. The summed E-state index contributed by atoms with van der Waals surface area (Å²) in [4.78, 5) is 10.8. The van der Waals surface area contributed by atoms with Crippen molar-refractivity contribution in [3.8, 4) is 0 Å². The van der Waals surface area contributed by atoms with Gasteiger partial charge in [0.15, 0.2) is 0 Å². The molecule has 0 aromatic carbocycles. The molecule has 0 heterocycles. The van der Waals surface area contributed by atoms with Crippen molar-refractivity contribution in [1.29, 1.82) is 0 Å². The second-order valence-corrected chi connectivity index (χ2v) is 2.52. The van der Waals surface area contributed by atoms with Crippen molar-refractivity contribution in [2.24, 2.45) is 11.7 Å². The predicted molar refractivity (Wildman–Crippen MR) is 40.6 cm³/mol. The molecule has 0 aliphatic carbocycles. The molecule has 0 bridgehead atoms. The van der Waals surface area contributed by atoms with Crippen molar-refractivity contribution in [2.75, 3.05) is 6.61 Å². The van der Waals surface area contributed by atoms with E-state index < -0.39 is 6.04 Å². The summed E-state index contributed by atoms with van der Waals surface area (Å²) >= 11 is 0. The van der Waals surface area contributed by atoms with E-state index in [2.05, 4.69) is 0 Å². The molecule has 1 atom stereocenters. The smallest absolute Gasteiger partial charge is 1.00 e. The molecule has 0 saturated heterocycles. The van der Waals surface area contributed by atoms with Crippen LogP contribution >= 0.6 is 0 Å². The summed E-state index contributed by atoms with van der Waals surface area (Å²) < 4.78 is 4.70. The molecule has 0 amide bonds. The molecule has 0 aliphatic heterocycles. The Morgan fingerprint density at radius 1 is 1.64 bits per heavy atom. The first-order valence-electron chi connectivity index (χ1n) is 3.51. The number of ether oxygens (including phenoxy) is 1. The number of esters is 1. The zero-order valence-corrected chi connectivity index (χ0v) is 7.76. The van der Waals surface area contributed by atoms with Crippen molar-refractivity contribution in [1.82, 2.24) is 0 Å². The Balaban J connectivity index is -0.000000405. The summed E-state index contributed by atoms with van der Waals surface area (Å²) in [6.07, 6.45) is 0. The predicted octanol–water partition coefficient (Wildman–Crippen LogP) is -2.35. The summed E-state index contributed by atoms with van der Waals surface area (Å²) in [5.41, 5.74) is 5.47. The molecular formula is C7H16LiNO2. The van der Waals surface area contributed by atoms with Gasteiger partial charge in [0.25, 0.3) is 0 Å². The largest absolute Gasteiger partial charge is 1.00 e. The average molecular weight is 153 g/mol. The minimum Gasteiger partial charge on any atom is -1.00 e. The van der Waals surface area contributed by atoms with Crippen molar-refractivity contribution in [3.05, 3.63) is 0 Å². The van der Waals surface area contributed by atoms with Crippen LogP contribution in [0.25, 0.3) is 0 Å². The van der Waals surface area contributed by atoms with Gasteiger partial charge in [-0.05, 0) is 12.8 Å². The molecule has 3 nitrogen and oxygen atoms in total. The Labute approximate surface area is 81.3 Å². The van der Waals surface area contributed by atoms with E-state index >= 15 is 0 Å². The van der Waals surface area contributed by atoms with Crippen LogP contribution in [0.15, 0.2) is 0 Å². The maximum absolute atomic E-state index is 10.8. The molecule has 0 saturated carbocycles. The summed E-state index contributed by atoms with van der Waals surface area (Å²) in [5.74, 6) is -0.156. The zero-order valence-electron chi connectivity index (χ0n) is 8.76. The third-order valence-electron chi connectivity index (χ3n) is 1.28. The van der Waals surface area contributed by atoms with Gasteiger partial charge in [0.05, 0.1) is 6.61 Å². The molecule has 11 heavy (non-hydrogen) atoms. The fourth-order valence-electron chi connectivity index (χ4n) is 0.511. The Morgan fingerprint density at radius 3 is 2.36 bits per heavy atom. The number of nitrogens with two attached hydrogens (primary N) is 1. The Kier molecular flexibility index (Phi) is 8.31. The normalized spacial score (nSPS) is 12.1. The van der Waals surface area contributed by atoms with Crippen molar-refractivity contribution >= 4 is 5.97 Å². The van der Waals surface area contributed by atoms with Crippen LogP contribution in [0.3, 0.4) is 0 Å². The van der Waals surface area contributed by atoms with Gasteiger partial charge in [-0.2, -0.15) is 0 Å². The Bertz CT molecular complexity index is 122. The molecule has 2 N–H and O–H groups in total. The maximum atomic E-state index is 10.8. The summed E-state index contributed by atoms with van der Waals surface area (Å²) in [5, 5.41) is 0. The number of hydrogen-bond acceptors (Lipinski definition) is 3. The maximum Gasteiger partial charge on any atom is 1.00 e. The molecule has 62 valence electrons. The van der Waals surface area contributed by atoms with Gasteiger partial charge >= 0.3 is 24.8 Å². The van der Waals surface area contributed by atoms with E-state index in [4.69, 9.17) is 10.5 Å². The molecule has 0 radical (unpaired) electrons. The molecule has 0 spiro atoms. The fraction of sp³-hybridized carbons (Fsp3) is 0.857. The van der Waals surface area contributed by atoms with E-state index in [9.17, 15) is 4.79 Å². The van der Waals surface area contributed by atoms with Crippen LogP contribution in [0.5, 0.6) is 0 Å². The van der Waals surface area contributed by atoms with Gasteiger partial charge in [0.1, 0.15) is 6.04 Å². The number of carbonyl (C=O) groups is 1. The first-order chi connectivity index (χ1) is 4.59. The quantitative estimate of drug-likeness (QED) is 0.365. The molecule has 0 aliphatic rings. The molecule has 4 heteroatoms. The van der Waals surface area contributed by atoms with E-state index in [0.717, 1.165) is 0 Å². The summed E-state index contributed by atoms with van der Waals surface area (Å²) in [6, 6.07) is -0.472. The number of rotatable bonds is 3. The minimum absolute atomic E-state index is 0. The first-order valence-corrected chi connectivity index (χ1v) is 3.51. The second kappa shape index (κ2) is 6.72. The van der Waals surface area contributed by atoms with Crippen molar-refractivity contribution in [2.45, 2.75) is 26.8 Å². The monoisotopic (exact) mass is 153 g/mol. The van der Waals surface area contributed by atoms with E-state index in [-0.39, 0.29) is 32.2 Å². The van der Waals surface area contributed by atoms with Gasteiger partial charge in [0.2, 0.25) is 0 Å². The van der Waals surface area contributed by atoms with Crippen LogP contribution in [-0.2, 0) is 9.53 Å². The van der Waals surface area contributed by atoms with Gasteiger partial charge in [-0.1, -0.05) is 13.8 Å². The van der Waals surface area contributed by atoms with Crippen LogP contribution in [0.2, 0.25) is 0 Å². The van der Waals surface area contributed by atoms with E-state index in [0.29, 0.717) is 6.61 Å². The molecule has 0 rings (SSSR count). The molecule has 0 aromatic rings. The SMILES string of the molecule is CCOC(=O)C(N)C(C)C.[H-].[Li+]. The summed E-state index contributed by atoms with van der Waals surface area (Å²) in [6.45, 7) is 5.95. The number of hydrogen-bond donors (Lipinski definition) is 1. The zero-order chi connectivity index (χ0) is 8.15. The van der Waals surface area contributed by atoms with Gasteiger partial charge in [0, 0.05) is 0 Å². The van der Waals surface area contributed by atoms with Crippen LogP contribution in [0.4, 0.5) is 0 Å². The Hall–Kier alpha value is 0.0274. The molecule has 0 fully saturated rings. The van der Waals surface area contributed by atoms with E-state index in [1.807, 2.05) is 13.8 Å². The molecular weight excluding hydrogens is 137 g/mol. The van der Waals surface area contributed by atoms with Crippen LogP contribution in [-0.4, -0.2) is 18.6 Å². The minimum atomic E-state index is -0.472. The van der Waals surface area contributed by atoms with Crippen molar-refractivity contribution < 1.29 is 29.8 Å². The molecule has 0 aromatic heterocycles. The topological polar surface area (TPSA) is 52.3 Å². The third kappa shape index (κ3) is 5.31. The van der Waals surface area contributed by atoms with Gasteiger partial charge in [-0.3, -0.25) is 4.79 Å². The third-order valence-corrected chi connectivity index (χ3v) is 1.28. The van der Waals surface area contributed by atoms with Crippen LogP contribution in [0.1, 0.15) is 22.2 Å². The van der Waals surface area contributed by atoms with Crippen LogP contribution < -0.4 is 24.6 Å². The Morgan fingerprint density at radius 2 is 2.09 bits per heavy atom. The first kappa shape index (κ1) is 13.6. The average Bonchev–Trinajstić information content (AvgIpc) is 1.87. The molecule has 1 unspecified atom stereocenters. The standard InChI is InChI=1S/C7H15NO2.Li.H/c1-4-10-7(9)6(8)5(2)3;;/h5-6H,4,8H2,1-3H3;;/q;+1;-1. The van der Waals surface area contributed by atoms with Gasteiger partial charge < -0.3 is 11.9 Å².